The van der Waals surface area contributed by atoms with Gasteiger partial charge in [-0.2, -0.15) is 4.98 Å². The molecule has 19 heavy (non-hydrogen) atoms. The number of benzene rings is 1. The molecule has 0 atom stereocenters. The summed E-state index contributed by atoms with van der Waals surface area (Å²) in [5.74, 6) is 1.53. The molecule has 0 saturated carbocycles. The Morgan fingerprint density at radius 3 is 2.42 bits per heavy atom. The number of nitrogens with one attached hydrogen (secondary N) is 2. The first-order valence-electron chi connectivity index (χ1n) is 6.56. The Balaban J connectivity index is 2.04. The zero-order valence-corrected chi connectivity index (χ0v) is 11.7. The minimum atomic E-state index is 0.675. The molecule has 0 radical (unpaired) electrons. The van der Waals surface area contributed by atoms with Crippen LogP contribution in [0.4, 0.5) is 11.8 Å². The molecule has 2 N–H and O–H groups in total. The maximum absolute atomic E-state index is 4.42. The highest BCUT2D eigenvalue weighted by atomic mass is 15.1. The summed E-state index contributed by atoms with van der Waals surface area (Å²) in [7, 11) is 0. The lowest BCUT2D eigenvalue weighted by molar-refractivity contribution is 1.03. The third kappa shape index (κ3) is 3.95. The number of aryl methyl sites for hydroxylation is 2. The first-order chi connectivity index (χ1) is 9.17. The average Bonchev–Trinajstić information content (AvgIpc) is 2.38. The summed E-state index contributed by atoms with van der Waals surface area (Å²) in [6, 6.07) is 10.4. The van der Waals surface area contributed by atoms with Crippen molar-refractivity contribution in [1.82, 2.24) is 9.97 Å². The summed E-state index contributed by atoms with van der Waals surface area (Å²) >= 11 is 0. The van der Waals surface area contributed by atoms with Gasteiger partial charge < -0.3 is 10.6 Å². The molecule has 4 nitrogen and oxygen atoms in total. The fraction of sp³-hybridized carbons (Fsp3) is 0.333. The molecule has 0 fully saturated rings. The lowest BCUT2D eigenvalue weighted by Crippen LogP contribution is -2.07. The quantitative estimate of drug-likeness (QED) is 0.863. The van der Waals surface area contributed by atoms with E-state index in [1.807, 2.05) is 19.9 Å². The topological polar surface area (TPSA) is 49.8 Å². The molecule has 0 aliphatic carbocycles. The highest BCUT2D eigenvalue weighted by Crippen LogP contribution is 2.11. The van der Waals surface area contributed by atoms with Crippen molar-refractivity contribution < 1.29 is 0 Å². The molecule has 1 aromatic carbocycles. The maximum Gasteiger partial charge on any atom is 0.224 e. The monoisotopic (exact) mass is 256 g/mol. The second-order valence-corrected chi connectivity index (χ2v) is 4.59. The van der Waals surface area contributed by atoms with Crippen LogP contribution < -0.4 is 10.6 Å². The van der Waals surface area contributed by atoms with Crippen LogP contribution in [0.15, 0.2) is 30.3 Å². The highest BCUT2D eigenvalue weighted by molar-refractivity contribution is 5.42. The van der Waals surface area contributed by atoms with Crippen molar-refractivity contribution in [1.29, 1.82) is 0 Å². The van der Waals surface area contributed by atoms with Gasteiger partial charge in [0, 0.05) is 24.8 Å². The van der Waals surface area contributed by atoms with Gasteiger partial charge in [-0.1, -0.05) is 29.8 Å². The molecule has 1 heterocycles. The van der Waals surface area contributed by atoms with E-state index in [1.165, 1.54) is 11.1 Å². The van der Waals surface area contributed by atoms with E-state index in [9.17, 15) is 0 Å². The lowest BCUT2D eigenvalue weighted by Gasteiger charge is -2.09. The zero-order chi connectivity index (χ0) is 13.7. The Morgan fingerprint density at radius 2 is 1.74 bits per heavy atom. The molecular weight excluding hydrogens is 236 g/mol. The first-order valence-corrected chi connectivity index (χ1v) is 6.56. The second kappa shape index (κ2) is 6.18. The van der Waals surface area contributed by atoms with Crippen LogP contribution in [0.5, 0.6) is 0 Å². The summed E-state index contributed by atoms with van der Waals surface area (Å²) in [6.07, 6.45) is 0. The number of hydrogen-bond acceptors (Lipinski definition) is 4. The van der Waals surface area contributed by atoms with Crippen molar-refractivity contribution in [3.63, 3.8) is 0 Å². The number of rotatable bonds is 5. The minimum Gasteiger partial charge on any atom is -0.366 e. The Kier molecular flexibility index (Phi) is 4.34. The fourth-order valence-corrected chi connectivity index (χ4v) is 1.79. The molecule has 100 valence electrons. The van der Waals surface area contributed by atoms with Crippen LogP contribution in [0.2, 0.25) is 0 Å². The van der Waals surface area contributed by atoms with Crippen LogP contribution in [0.25, 0.3) is 0 Å². The zero-order valence-electron chi connectivity index (χ0n) is 11.7. The Hall–Kier alpha value is -2.10. The van der Waals surface area contributed by atoms with E-state index in [0.29, 0.717) is 5.95 Å². The van der Waals surface area contributed by atoms with E-state index in [0.717, 1.165) is 24.6 Å². The molecule has 1 aromatic heterocycles. The van der Waals surface area contributed by atoms with Crippen LogP contribution in [0.3, 0.4) is 0 Å². The van der Waals surface area contributed by atoms with E-state index in [1.54, 1.807) is 0 Å². The largest absolute Gasteiger partial charge is 0.366 e. The molecule has 0 unspecified atom stereocenters. The second-order valence-electron chi connectivity index (χ2n) is 4.59. The molecule has 0 spiro atoms. The number of hydrogen-bond donors (Lipinski definition) is 2. The third-order valence-electron chi connectivity index (χ3n) is 2.78. The maximum atomic E-state index is 4.42. The van der Waals surface area contributed by atoms with E-state index in [-0.39, 0.29) is 0 Å². The summed E-state index contributed by atoms with van der Waals surface area (Å²) in [5, 5.41) is 6.46. The SMILES string of the molecule is CCNc1nc(C)cc(NCc2ccc(C)cc2)n1. The molecule has 2 aromatic rings. The number of aromatic nitrogens is 2. The highest BCUT2D eigenvalue weighted by Gasteiger charge is 2.01. The van der Waals surface area contributed by atoms with Gasteiger partial charge in [0.2, 0.25) is 5.95 Å². The fourth-order valence-electron chi connectivity index (χ4n) is 1.79. The Bertz CT molecular complexity index is 534. The summed E-state index contributed by atoms with van der Waals surface area (Å²) in [5.41, 5.74) is 3.47. The van der Waals surface area contributed by atoms with E-state index >= 15 is 0 Å². The van der Waals surface area contributed by atoms with E-state index in [4.69, 9.17) is 0 Å². The van der Waals surface area contributed by atoms with Crippen molar-refractivity contribution in [2.75, 3.05) is 17.2 Å². The predicted octanol–water partition coefficient (Wildman–Crippen LogP) is 3.14. The van der Waals surface area contributed by atoms with Gasteiger partial charge >= 0.3 is 0 Å². The van der Waals surface area contributed by atoms with Crippen LogP contribution in [-0.4, -0.2) is 16.5 Å². The van der Waals surface area contributed by atoms with Gasteiger partial charge in [0.25, 0.3) is 0 Å². The Labute approximate surface area is 114 Å². The first kappa shape index (κ1) is 13.3. The van der Waals surface area contributed by atoms with Crippen LogP contribution in [0.1, 0.15) is 23.7 Å². The summed E-state index contributed by atoms with van der Waals surface area (Å²) in [6.45, 7) is 7.68. The van der Waals surface area contributed by atoms with Crippen molar-refractivity contribution in [3.05, 3.63) is 47.2 Å². The van der Waals surface area contributed by atoms with Gasteiger partial charge in [-0.15, -0.1) is 0 Å². The van der Waals surface area contributed by atoms with Crippen molar-refractivity contribution >= 4 is 11.8 Å². The average molecular weight is 256 g/mol. The van der Waals surface area contributed by atoms with Gasteiger partial charge in [-0.3, -0.25) is 0 Å². The molecular formula is C15H20N4. The lowest BCUT2D eigenvalue weighted by atomic mass is 10.1. The van der Waals surface area contributed by atoms with Crippen molar-refractivity contribution in [2.45, 2.75) is 27.3 Å². The van der Waals surface area contributed by atoms with Crippen LogP contribution in [-0.2, 0) is 6.54 Å². The molecule has 4 heteroatoms. The summed E-state index contributed by atoms with van der Waals surface area (Å²) in [4.78, 5) is 8.75. The van der Waals surface area contributed by atoms with Crippen molar-refractivity contribution in [3.8, 4) is 0 Å². The number of anilines is 2. The van der Waals surface area contributed by atoms with Gasteiger partial charge in [-0.05, 0) is 26.3 Å². The van der Waals surface area contributed by atoms with E-state index in [2.05, 4.69) is 51.8 Å². The van der Waals surface area contributed by atoms with E-state index < -0.39 is 0 Å². The van der Waals surface area contributed by atoms with Gasteiger partial charge in [-0.25, -0.2) is 4.98 Å². The van der Waals surface area contributed by atoms with Crippen LogP contribution >= 0.6 is 0 Å². The standard InChI is InChI=1S/C15H20N4/c1-4-16-15-18-12(3)9-14(19-15)17-10-13-7-5-11(2)6-8-13/h5-9H,4,10H2,1-3H3,(H2,16,17,18,19). The molecule has 0 saturated heterocycles. The molecule has 0 bridgehead atoms. The van der Waals surface area contributed by atoms with Gasteiger partial charge in [0.05, 0.1) is 0 Å². The predicted molar refractivity (Wildman–Crippen MR) is 79.4 cm³/mol. The number of nitrogens with zero attached hydrogens (tertiary/aromatic N) is 2. The molecule has 0 aliphatic heterocycles. The molecule has 0 aliphatic rings. The van der Waals surface area contributed by atoms with Crippen LogP contribution in [0, 0.1) is 13.8 Å². The third-order valence-corrected chi connectivity index (χ3v) is 2.78. The molecule has 0 amide bonds. The molecule has 2 rings (SSSR count). The smallest absolute Gasteiger partial charge is 0.224 e. The summed E-state index contributed by atoms with van der Waals surface area (Å²) < 4.78 is 0. The normalized spacial score (nSPS) is 10.3. The van der Waals surface area contributed by atoms with Crippen molar-refractivity contribution in [2.24, 2.45) is 0 Å². The minimum absolute atomic E-state index is 0.675. The van der Waals surface area contributed by atoms with Gasteiger partial charge in [0.1, 0.15) is 5.82 Å². The Morgan fingerprint density at radius 1 is 1.00 bits per heavy atom. The van der Waals surface area contributed by atoms with Gasteiger partial charge in [0.15, 0.2) is 0 Å².